The lowest BCUT2D eigenvalue weighted by Gasteiger charge is -2.18. The van der Waals surface area contributed by atoms with Crippen molar-refractivity contribution in [2.75, 3.05) is 12.4 Å². The van der Waals surface area contributed by atoms with Gasteiger partial charge in [0, 0.05) is 35.2 Å². The molecule has 27 heavy (non-hydrogen) atoms. The fourth-order valence-electron chi connectivity index (χ4n) is 2.29. The summed E-state index contributed by atoms with van der Waals surface area (Å²) in [6.45, 7) is 2.12. The third-order valence-electron chi connectivity index (χ3n) is 3.66. The van der Waals surface area contributed by atoms with Gasteiger partial charge in [-0.2, -0.15) is 0 Å². The SMILES string of the molecule is Cc1csc(Sc2ccc(NC(=O)N(C)Cc3ccc(F)c(F)c3)cc2)n1. The maximum atomic E-state index is 13.3. The molecular weight excluding hydrogens is 388 g/mol. The first-order valence-electron chi connectivity index (χ1n) is 8.07. The van der Waals surface area contributed by atoms with Crippen molar-refractivity contribution in [3.63, 3.8) is 0 Å². The van der Waals surface area contributed by atoms with Crippen LogP contribution in [-0.2, 0) is 6.54 Å². The van der Waals surface area contributed by atoms with Crippen LogP contribution in [0.2, 0.25) is 0 Å². The molecule has 0 bridgehead atoms. The van der Waals surface area contributed by atoms with Crippen LogP contribution in [0.5, 0.6) is 0 Å². The number of thiazole rings is 1. The number of urea groups is 1. The average molecular weight is 405 g/mol. The van der Waals surface area contributed by atoms with Crippen LogP contribution in [0.1, 0.15) is 11.3 Å². The van der Waals surface area contributed by atoms with Gasteiger partial charge in [0.2, 0.25) is 0 Å². The van der Waals surface area contributed by atoms with Crippen molar-refractivity contribution in [1.82, 2.24) is 9.88 Å². The number of benzene rings is 2. The highest BCUT2D eigenvalue weighted by molar-refractivity contribution is 8.01. The molecule has 0 aliphatic carbocycles. The highest BCUT2D eigenvalue weighted by Gasteiger charge is 2.11. The van der Waals surface area contributed by atoms with Gasteiger partial charge in [-0.1, -0.05) is 17.8 Å². The minimum atomic E-state index is -0.926. The molecule has 1 heterocycles. The zero-order chi connectivity index (χ0) is 19.4. The van der Waals surface area contributed by atoms with E-state index in [2.05, 4.69) is 10.3 Å². The molecule has 0 aliphatic rings. The minimum Gasteiger partial charge on any atom is -0.323 e. The molecule has 0 radical (unpaired) electrons. The van der Waals surface area contributed by atoms with Crippen LogP contribution in [0.15, 0.2) is 57.1 Å². The van der Waals surface area contributed by atoms with Crippen LogP contribution in [0, 0.1) is 18.6 Å². The third kappa shape index (κ3) is 5.27. The molecule has 2 amide bonds. The van der Waals surface area contributed by atoms with Crippen molar-refractivity contribution < 1.29 is 13.6 Å². The van der Waals surface area contributed by atoms with Gasteiger partial charge in [-0.3, -0.25) is 0 Å². The summed E-state index contributed by atoms with van der Waals surface area (Å²) in [7, 11) is 1.59. The number of aryl methyl sites for hydroxylation is 1. The lowest BCUT2D eigenvalue weighted by Crippen LogP contribution is -2.30. The Balaban J connectivity index is 1.57. The molecule has 0 unspecified atom stereocenters. The summed E-state index contributed by atoms with van der Waals surface area (Å²) in [6, 6.07) is 10.7. The van der Waals surface area contributed by atoms with Crippen LogP contribution >= 0.6 is 23.1 Å². The van der Waals surface area contributed by atoms with E-state index in [0.29, 0.717) is 11.3 Å². The molecule has 0 fully saturated rings. The first-order chi connectivity index (χ1) is 12.9. The fourth-order valence-corrected chi connectivity index (χ4v) is 4.10. The quantitative estimate of drug-likeness (QED) is 0.606. The zero-order valence-corrected chi connectivity index (χ0v) is 16.3. The van der Waals surface area contributed by atoms with E-state index in [-0.39, 0.29) is 12.6 Å². The van der Waals surface area contributed by atoms with E-state index in [1.807, 2.05) is 36.6 Å². The van der Waals surface area contributed by atoms with Crippen molar-refractivity contribution in [3.05, 3.63) is 70.7 Å². The molecule has 2 aromatic carbocycles. The predicted molar refractivity (Wildman–Crippen MR) is 104 cm³/mol. The number of aromatic nitrogens is 1. The van der Waals surface area contributed by atoms with E-state index in [9.17, 15) is 13.6 Å². The second kappa shape index (κ2) is 8.49. The summed E-state index contributed by atoms with van der Waals surface area (Å²) in [6.07, 6.45) is 0. The lowest BCUT2D eigenvalue weighted by molar-refractivity contribution is 0.220. The van der Waals surface area contributed by atoms with Gasteiger partial charge in [-0.25, -0.2) is 18.6 Å². The van der Waals surface area contributed by atoms with Crippen LogP contribution in [-0.4, -0.2) is 23.0 Å². The van der Waals surface area contributed by atoms with Gasteiger partial charge in [0.15, 0.2) is 16.0 Å². The molecule has 0 atom stereocenters. The van der Waals surface area contributed by atoms with Gasteiger partial charge >= 0.3 is 6.03 Å². The first-order valence-corrected chi connectivity index (χ1v) is 9.76. The number of rotatable bonds is 5. The van der Waals surface area contributed by atoms with Crippen molar-refractivity contribution in [1.29, 1.82) is 0 Å². The van der Waals surface area contributed by atoms with Crippen LogP contribution in [0.25, 0.3) is 0 Å². The van der Waals surface area contributed by atoms with Crippen molar-refractivity contribution in [2.24, 2.45) is 0 Å². The minimum absolute atomic E-state index is 0.167. The number of nitrogens with one attached hydrogen (secondary N) is 1. The Morgan fingerprint density at radius 2 is 1.93 bits per heavy atom. The second-order valence-electron chi connectivity index (χ2n) is 5.92. The molecule has 0 saturated heterocycles. The Morgan fingerprint density at radius 3 is 2.56 bits per heavy atom. The topological polar surface area (TPSA) is 45.2 Å². The Kier molecular flexibility index (Phi) is 6.08. The molecule has 3 aromatic rings. The summed E-state index contributed by atoms with van der Waals surface area (Å²) in [4.78, 5) is 19.1. The number of hydrogen-bond donors (Lipinski definition) is 1. The number of hydrogen-bond acceptors (Lipinski definition) is 4. The Labute approximate surface area is 164 Å². The number of halogens is 2. The average Bonchev–Trinajstić information content (AvgIpc) is 3.04. The molecule has 1 N–H and O–H groups in total. The Hall–Kier alpha value is -2.45. The van der Waals surface area contributed by atoms with Gasteiger partial charge < -0.3 is 10.2 Å². The molecule has 140 valence electrons. The summed E-state index contributed by atoms with van der Waals surface area (Å²) >= 11 is 3.16. The number of amides is 2. The first kappa shape index (κ1) is 19.3. The van der Waals surface area contributed by atoms with Gasteiger partial charge in [-0.15, -0.1) is 11.3 Å². The van der Waals surface area contributed by atoms with Gasteiger partial charge in [0.05, 0.1) is 0 Å². The smallest absolute Gasteiger partial charge is 0.321 e. The zero-order valence-electron chi connectivity index (χ0n) is 14.7. The molecule has 8 heteroatoms. The standard InChI is InChI=1S/C19H17F2N3OS2/c1-12-11-26-19(22-12)27-15-6-4-14(5-7-15)23-18(25)24(2)10-13-3-8-16(20)17(21)9-13/h3-9,11H,10H2,1-2H3,(H,23,25). The lowest BCUT2D eigenvalue weighted by atomic mass is 10.2. The van der Waals surface area contributed by atoms with Crippen LogP contribution in [0.3, 0.4) is 0 Å². The van der Waals surface area contributed by atoms with Crippen molar-refractivity contribution >= 4 is 34.8 Å². The predicted octanol–water partition coefficient (Wildman–Crippen LogP) is 5.54. The Bertz CT molecular complexity index is 944. The normalized spacial score (nSPS) is 10.7. The highest BCUT2D eigenvalue weighted by Crippen LogP contribution is 2.30. The fraction of sp³-hybridized carbons (Fsp3) is 0.158. The van der Waals surface area contributed by atoms with Crippen molar-refractivity contribution in [2.45, 2.75) is 22.7 Å². The summed E-state index contributed by atoms with van der Waals surface area (Å²) in [5.41, 5.74) is 2.16. The molecule has 0 saturated carbocycles. The monoisotopic (exact) mass is 405 g/mol. The number of nitrogens with zero attached hydrogens (tertiary/aromatic N) is 2. The van der Waals surface area contributed by atoms with E-state index < -0.39 is 11.6 Å². The van der Waals surface area contributed by atoms with E-state index in [1.165, 1.54) is 11.0 Å². The molecule has 0 spiro atoms. The van der Waals surface area contributed by atoms with Gasteiger partial charge in [0.1, 0.15) is 0 Å². The van der Waals surface area contributed by atoms with Crippen LogP contribution in [0.4, 0.5) is 19.3 Å². The van der Waals surface area contributed by atoms with Crippen molar-refractivity contribution in [3.8, 4) is 0 Å². The number of anilines is 1. The number of carbonyl (C=O) groups is 1. The third-order valence-corrected chi connectivity index (χ3v) is 5.72. The Morgan fingerprint density at radius 1 is 1.19 bits per heavy atom. The summed E-state index contributed by atoms with van der Waals surface area (Å²) in [5, 5.41) is 4.78. The maximum Gasteiger partial charge on any atom is 0.321 e. The molecule has 4 nitrogen and oxygen atoms in total. The molecular formula is C19H17F2N3OS2. The summed E-state index contributed by atoms with van der Waals surface area (Å²) in [5.74, 6) is -1.83. The second-order valence-corrected chi connectivity index (χ2v) is 8.09. The maximum absolute atomic E-state index is 13.3. The number of carbonyl (C=O) groups excluding carboxylic acids is 1. The van der Waals surface area contributed by atoms with E-state index in [4.69, 9.17) is 0 Å². The highest BCUT2D eigenvalue weighted by atomic mass is 32.2. The molecule has 1 aromatic heterocycles. The summed E-state index contributed by atoms with van der Waals surface area (Å²) < 4.78 is 27.2. The molecule has 3 rings (SSSR count). The van der Waals surface area contributed by atoms with E-state index in [0.717, 1.165) is 27.1 Å². The van der Waals surface area contributed by atoms with Gasteiger partial charge in [0.25, 0.3) is 0 Å². The largest absolute Gasteiger partial charge is 0.323 e. The molecule has 0 aliphatic heterocycles. The van der Waals surface area contributed by atoms with E-state index in [1.54, 1.807) is 30.1 Å². The van der Waals surface area contributed by atoms with Crippen LogP contribution < -0.4 is 5.32 Å². The van der Waals surface area contributed by atoms with E-state index >= 15 is 0 Å². The van der Waals surface area contributed by atoms with Gasteiger partial charge in [-0.05, 0) is 48.9 Å².